The largest absolute Gasteiger partial charge is 0.322 e. The lowest BCUT2D eigenvalue weighted by molar-refractivity contribution is 0.102. The summed E-state index contributed by atoms with van der Waals surface area (Å²) in [5.74, 6) is -0.674. The second-order valence-electron chi connectivity index (χ2n) is 4.53. The summed E-state index contributed by atoms with van der Waals surface area (Å²) in [5.41, 5.74) is 2.58. The number of halogens is 1. The number of anilines is 1. The highest BCUT2D eigenvalue weighted by atomic mass is 19.1. The van der Waals surface area contributed by atoms with Crippen LogP contribution in [0.25, 0.3) is 5.65 Å². The van der Waals surface area contributed by atoms with Crippen LogP contribution in [0.3, 0.4) is 0 Å². The maximum absolute atomic E-state index is 13.1. The fourth-order valence-electron chi connectivity index (χ4n) is 2.02. The molecule has 0 aliphatic heterocycles. The van der Waals surface area contributed by atoms with E-state index >= 15 is 0 Å². The van der Waals surface area contributed by atoms with Crippen LogP contribution in [0.1, 0.15) is 16.1 Å². The third kappa shape index (κ3) is 2.38. The molecule has 0 saturated heterocycles. The van der Waals surface area contributed by atoms with Crippen LogP contribution in [0, 0.1) is 12.7 Å². The molecule has 20 heavy (non-hydrogen) atoms. The van der Waals surface area contributed by atoms with Gasteiger partial charge in [0.15, 0.2) is 0 Å². The van der Waals surface area contributed by atoms with Crippen molar-refractivity contribution in [3.05, 3.63) is 65.9 Å². The molecule has 2 heterocycles. The summed E-state index contributed by atoms with van der Waals surface area (Å²) in [6.45, 7) is 1.89. The van der Waals surface area contributed by atoms with E-state index in [1.165, 1.54) is 12.1 Å². The van der Waals surface area contributed by atoms with Gasteiger partial charge in [0.25, 0.3) is 5.91 Å². The van der Waals surface area contributed by atoms with Crippen LogP contribution in [-0.4, -0.2) is 15.3 Å². The summed E-state index contributed by atoms with van der Waals surface area (Å²) in [6.07, 6.45) is 3.54. The number of carbonyl (C=O) groups is 1. The molecule has 1 aromatic carbocycles. The Morgan fingerprint density at radius 2 is 2.10 bits per heavy atom. The highest BCUT2D eigenvalue weighted by Crippen LogP contribution is 2.12. The number of nitrogens with one attached hydrogen (secondary N) is 1. The SMILES string of the molecule is Cc1cn2cc(C(=O)Nc3cccc(F)c3)ccc2n1. The first-order valence-electron chi connectivity index (χ1n) is 6.14. The Morgan fingerprint density at radius 3 is 2.90 bits per heavy atom. The monoisotopic (exact) mass is 269 g/mol. The smallest absolute Gasteiger partial charge is 0.257 e. The molecule has 0 atom stereocenters. The summed E-state index contributed by atoms with van der Waals surface area (Å²) in [6, 6.07) is 9.26. The molecule has 5 heteroatoms. The molecule has 3 rings (SSSR count). The van der Waals surface area contributed by atoms with E-state index in [2.05, 4.69) is 10.3 Å². The molecule has 100 valence electrons. The van der Waals surface area contributed by atoms with E-state index in [0.29, 0.717) is 11.3 Å². The van der Waals surface area contributed by atoms with Crippen molar-refractivity contribution in [3.8, 4) is 0 Å². The Labute approximate surface area is 114 Å². The second kappa shape index (κ2) is 4.77. The summed E-state index contributed by atoms with van der Waals surface area (Å²) in [4.78, 5) is 16.4. The average molecular weight is 269 g/mol. The van der Waals surface area contributed by atoms with Gasteiger partial charge >= 0.3 is 0 Å². The van der Waals surface area contributed by atoms with E-state index in [4.69, 9.17) is 0 Å². The molecule has 0 saturated carbocycles. The van der Waals surface area contributed by atoms with E-state index in [0.717, 1.165) is 11.3 Å². The topological polar surface area (TPSA) is 46.4 Å². The molecular formula is C15H12FN3O. The molecule has 0 fully saturated rings. The second-order valence-corrected chi connectivity index (χ2v) is 4.53. The summed E-state index contributed by atoms with van der Waals surface area (Å²) >= 11 is 0. The predicted molar refractivity (Wildman–Crippen MR) is 74.3 cm³/mol. The maximum atomic E-state index is 13.1. The van der Waals surface area contributed by atoms with Crippen molar-refractivity contribution in [1.82, 2.24) is 9.38 Å². The fourth-order valence-corrected chi connectivity index (χ4v) is 2.02. The summed E-state index contributed by atoms with van der Waals surface area (Å²) in [5, 5.41) is 2.66. The Morgan fingerprint density at radius 1 is 1.25 bits per heavy atom. The van der Waals surface area contributed by atoms with Crippen molar-refractivity contribution >= 4 is 17.2 Å². The van der Waals surface area contributed by atoms with Crippen LogP contribution in [0.4, 0.5) is 10.1 Å². The van der Waals surface area contributed by atoms with Gasteiger partial charge in [-0.25, -0.2) is 9.37 Å². The number of aryl methyl sites for hydroxylation is 1. The van der Waals surface area contributed by atoms with Gasteiger partial charge in [0, 0.05) is 18.1 Å². The molecule has 1 amide bonds. The highest BCUT2D eigenvalue weighted by Gasteiger charge is 2.08. The number of fused-ring (bicyclic) bond motifs is 1. The van der Waals surface area contributed by atoms with Crippen LogP contribution < -0.4 is 5.32 Å². The van der Waals surface area contributed by atoms with Gasteiger partial charge in [0.2, 0.25) is 0 Å². The number of rotatable bonds is 2. The van der Waals surface area contributed by atoms with Crippen molar-refractivity contribution in [3.63, 3.8) is 0 Å². The zero-order chi connectivity index (χ0) is 14.1. The van der Waals surface area contributed by atoms with Crippen LogP contribution in [0.5, 0.6) is 0 Å². The zero-order valence-corrected chi connectivity index (χ0v) is 10.8. The number of hydrogen-bond acceptors (Lipinski definition) is 2. The number of pyridine rings is 1. The van der Waals surface area contributed by atoms with E-state index in [-0.39, 0.29) is 11.7 Å². The number of imidazole rings is 1. The number of amides is 1. The number of hydrogen-bond donors (Lipinski definition) is 1. The quantitative estimate of drug-likeness (QED) is 0.777. The lowest BCUT2D eigenvalue weighted by Gasteiger charge is -2.05. The summed E-state index contributed by atoms with van der Waals surface area (Å²) in [7, 11) is 0. The van der Waals surface area contributed by atoms with Gasteiger partial charge in [0.1, 0.15) is 11.5 Å². The molecular weight excluding hydrogens is 257 g/mol. The molecule has 0 aliphatic carbocycles. The maximum Gasteiger partial charge on any atom is 0.257 e. The molecule has 0 aliphatic rings. The molecule has 0 spiro atoms. The zero-order valence-electron chi connectivity index (χ0n) is 10.8. The van der Waals surface area contributed by atoms with Gasteiger partial charge in [-0.05, 0) is 37.3 Å². The van der Waals surface area contributed by atoms with Crippen LogP contribution in [0.2, 0.25) is 0 Å². The number of carbonyl (C=O) groups excluding carboxylic acids is 1. The van der Waals surface area contributed by atoms with Crippen molar-refractivity contribution in [1.29, 1.82) is 0 Å². The van der Waals surface area contributed by atoms with Gasteiger partial charge in [-0.3, -0.25) is 4.79 Å². The fraction of sp³-hybridized carbons (Fsp3) is 0.0667. The van der Waals surface area contributed by atoms with E-state index in [1.54, 1.807) is 34.9 Å². The van der Waals surface area contributed by atoms with Gasteiger partial charge in [0.05, 0.1) is 11.3 Å². The normalized spacial score (nSPS) is 10.7. The molecule has 3 aromatic rings. The number of nitrogens with zero attached hydrogens (tertiary/aromatic N) is 2. The number of benzene rings is 1. The van der Waals surface area contributed by atoms with Gasteiger partial charge < -0.3 is 9.72 Å². The molecule has 4 nitrogen and oxygen atoms in total. The Balaban J connectivity index is 1.88. The van der Waals surface area contributed by atoms with Crippen LogP contribution >= 0.6 is 0 Å². The van der Waals surface area contributed by atoms with Crippen LogP contribution in [-0.2, 0) is 0 Å². The van der Waals surface area contributed by atoms with E-state index in [1.807, 2.05) is 13.1 Å². The number of aromatic nitrogens is 2. The molecule has 0 bridgehead atoms. The first-order valence-corrected chi connectivity index (χ1v) is 6.14. The lowest BCUT2D eigenvalue weighted by atomic mass is 10.2. The Hall–Kier alpha value is -2.69. The Kier molecular flexibility index (Phi) is 2.95. The van der Waals surface area contributed by atoms with Crippen molar-refractivity contribution in [2.75, 3.05) is 5.32 Å². The molecule has 0 radical (unpaired) electrons. The van der Waals surface area contributed by atoms with Crippen molar-refractivity contribution < 1.29 is 9.18 Å². The van der Waals surface area contributed by atoms with Crippen molar-refractivity contribution in [2.24, 2.45) is 0 Å². The van der Waals surface area contributed by atoms with Crippen molar-refractivity contribution in [2.45, 2.75) is 6.92 Å². The van der Waals surface area contributed by atoms with E-state index < -0.39 is 0 Å². The predicted octanol–water partition coefficient (Wildman–Crippen LogP) is 3.03. The average Bonchev–Trinajstić information content (AvgIpc) is 2.77. The van der Waals surface area contributed by atoms with Gasteiger partial charge in [-0.15, -0.1) is 0 Å². The molecule has 0 unspecified atom stereocenters. The first-order chi connectivity index (χ1) is 9.61. The molecule has 1 N–H and O–H groups in total. The first kappa shape index (κ1) is 12.3. The third-order valence-corrected chi connectivity index (χ3v) is 2.92. The van der Waals surface area contributed by atoms with Gasteiger partial charge in [-0.1, -0.05) is 6.07 Å². The molecule has 2 aromatic heterocycles. The summed E-state index contributed by atoms with van der Waals surface area (Å²) < 4.78 is 14.9. The van der Waals surface area contributed by atoms with E-state index in [9.17, 15) is 9.18 Å². The lowest BCUT2D eigenvalue weighted by Crippen LogP contribution is -2.12. The highest BCUT2D eigenvalue weighted by molar-refractivity contribution is 6.04. The minimum atomic E-state index is -0.386. The van der Waals surface area contributed by atoms with Crippen LogP contribution in [0.15, 0.2) is 48.8 Å². The standard InChI is InChI=1S/C15H12FN3O/c1-10-8-19-9-11(5-6-14(19)17-10)15(20)18-13-4-2-3-12(16)7-13/h2-9H,1H3,(H,18,20). The Bertz CT molecular complexity index is 795. The third-order valence-electron chi connectivity index (χ3n) is 2.92. The minimum Gasteiger partial charge on any atom is -0.322 e. The van der Waals surface area contributed by atoms with Gasteiger partial charge in [-0.2, -0.15) is 0 Å². The minimum absolute atomic E-state index is 0.288.